The molecule has 0 bridgehead atoms. The van der Waals surface area contributed by atoms with Gasteiger partial charge in [0, 0.05) is 12.1 Å². The molecule has 0 saturated carbocycles. The van der Waals surface area contributed by atoms with Gasteiger partial charge in [-0.15, -0.1) is 0 Å². The second kappa shape index (κ2) is 6.55. The molecule has 4 rings (SSSR count). The van der Waals surface area contributed by atoms with Gasteiger partial charge in [0.15, 0.2) is 0 Å². The highest BCUT2D eigenvalue weighted by atomic mass is 32.2. The average Bonchev–Trinajstić information content (AvgIpc) is 2.65. The molecule has 1 atom stereocenters. The van der Waals surface area contributed by atoms with E-state index in [2.05, 4.69) is 5.32 Å². The second-order valence-corrected chi connectivity index (χ2v) is 7.96. The van der Waals surface area contributed by atoms with Gasteiger partial charge in [0.05, 0.1) is 5.69 Å². The van der Waals surface area contributed by atoms with Gasteiger partial charge < -0.3 is 5.32 Å². The summed E-state index contributed by atoms with van der Waals surface area (Å²) >= 11 is 0. The Morgan fingerprint density at radius 1 is 0.885 bits per heavy atom. The van der Waals surface area contributed by atoms with Gasteiger partial charge in [0.2, 0.25) is 10.0 Å². The van der Waals surface area contributed by atoms with Gasteiger partial charge in [-0.1, -0.05) is 60.7 Å². The average molecular weight is 368 g/mol. The summed E-state index contributed by atoms with van der Waals surface area (Å²) in [7, 11) is -3.79. The molecular formula is C20H17FN2O2S. The van der Waals surface area contributed by atoms with Crippen molar-refractivity contribution in [2.75, 3.05) is 5.32 Å². The molecule has 4 nitrogen and oxygen atoms in total. The van der Waals surface area contributed by atoms with E-state index in [1.54, 1.807) is 42.5 Å². The number of nitrogens with zero attached hydrogens (tertiary/aromatic N) is 1. The Kier molecular flexibility index (Phi) is 4.22. The minimum Gasteiger partial charge on any atom is -0.364 e. The number of halogens is 1. The predicted octanol–water partition coefficient (Wildman–Crippen LogP) is 4.14. The maximum atomic E-state index is 14.5. The Balaban J connectivity index is 1.86. The minimum atomic E-state index is -3.79. The van der Waals surface area contributed by atoms with Crippen molar-refractivity contribution in [1.82, 2.24) is 4.31 Å². The Morgan fingerprint density at radius 2 is 1.54 bits per heavy atom. The van der Waals surface area contributed by atoms with Crippen LogP contribution in [0.25, 0.3) is 0 Å². The predicted molar refractivity (Wildman–Crippen MR) is 98.4 cm³/mol. The van der Waals surface area contributed by atoms with E-state index in [-0.39, 0.29) is 11.4 Å². The van der Waals surface area contributed by atoms with Crippen LogP contribution in [0.2, 0.25) is 0 Å². The number of fused-ring (bicyclic) bond motifs is 1. The largest absolute Gasteiger partial charge is 0.364 e. The van der Waals surface area contributed by atoms with Gasteiger partial charge in [0.1, 0.15) is 16.9 Å². The van der Waals surface area contributed by atoms with Gasteiger partial charge in [-0.3, -0.25) is 0 Å². The Bertz CT molecular complexity index is 1040. The summed E-state index contributed by atoms with van der Waals surface area (Å²) < 4.78 is 42.3. The third kappa shape index (κ3) is 2.87. The van der Waals surface area contributed by atoms with Crippen molar-refractivity contribution in [3.05, 3.63) is 95.8 Å². The third-order valence-electron chi connectivity index (χ3n) is 4.43. The van der Waals surface area contributed by atoms with Crippen LogP contribution in [-0.2, 0) is 16.6 Å². The topological polar surface area (TPSA) is 49.4 Å². The molecule has 0 spiro atoms. The highest BCUT2D eigenvalue weighted by molar-refractivity contribution is 7.89. The van der Waals surface area contributed by atoms with E-state index in [0.29, 0.717) is 11.3 Å². The van der Waals surface area contributed by atoms with Gasteiger partial charge >= 0.3 is 0 Å². The molecule has 6 heteroatoms. The molecule has 0 radical (unpaired) electrons. The molecule has 0 saturated heterocycles. The van der Waals surface area contributed by atoms with Crippen LogP contribution in [0.3, 0.4) is 0 Å². The first kappa shape index (κ1) is 16.8. The van der Waals surface area contributed by atoms with Gasteiger partial charge in [0.25, 0.3) is 0 Å². The van der Waals surface area contributed by atoms with E-state index in [1.165, 1.54) is 10.4 Å². The van der Waals surface area contributed by atoms with Crippen LogP contribution < -0.4 is 5.32 Å². The number of sulfonamides is 1. The van der Waals surface area contributed by atoms with E-state index >= 15 is 0 Å². The number of nitrogens with one attached hydrogen (secondary N) is 1. The van der Waals surface area contributed by atoms with Crippen LogP contribution in [0.1, 0.15) is 17.3 Å². The van der Waals surface area contributed by atoms with Crippen molar-refractivity contribution < 1.29 is 12.8 Å². The van der Waals surface area contributed by atoms with Crippen LogP contribution in [0, 0.1) is 5.82 Å². The van der Waals surface area contributed by atoms with E-state index in [9.17, 15) is 12.8 Å². The molecular weight excluding hydrogens is 351 g/mol. The fourth-order valence-electron chi connectivity index (χ4n) is 3.16. The molecule has 1 N–H and O–H groups in total. The van der Waals surface area contributed by atoms with E-state index in [1.807, 2.05) is 30.3 Å². The molecule has 1 heterocycles. The van der Waals surface area contributed by atoms with Crippen LogP contribution >= 0.6 is 0 Å². The van der Waals surface area contributed by atoms with E-state index in [0.717, 1.165) is 5.56 Å². The van der Waals surface area contributed by atoms with Gasteiger partial charge in [-0.05, 0) is 23.8 Å². The van der Waals surface area contributed by atoms with Crippen molar-refractivity contribution in [2.45, 2.75) is 17.6 Å². The molecule has 3 aromatic carbocycles. The van der Waals surface area contributed by atoms with Crippen molar-refractivity contribution in [2.24, 2.45) is 0 Å². The van der Waals surface area contributed by atoms with Gasteiger partial charge in [-0.2, -0.15) is 4.31 Å². The van der Waals surface area contributed by atoms with Crippen molar-refractivity contribution in [1.29, 1.82) is 0 Å². The molecule has 26 heavy (non-hydrogen) atoms. The molecule has 0 amide bonds. The third-order valence-corrected chi connectivity index (χ3v) is 6.30. The number of hydrogen-bond acceptors (Lipinski definition) is 3. The molecule has 0 aromatic heterocycles. The fourth-order valence-corrected chi connectivity index (χ4v) is 4.84. The number of anilines is 1. The Hall–Kier alpha value is -2.70. The van der Waals surface area contributed by atoms with Crippen molar-refractivity contribution >= 4 is 15.7 Å². The zero-order chi connectivity index (χ0) is 18.1. The zero-order valence-corrected chi connectivity index (χ0v) is 14.7. The lowest BCUT2D eigenvalue weighted by Crippen LogP contribution is -2.42. The SMILES string of the molecule is O=S1(=O)c2ccccc2N[C@@H](c2ccccc2F)N1Cc1ccccc1. The lowest BCUT2D eigenvalue weighted by molar-refractivity contribution is 0.329. The molecule has 1 aliphatic rings. The standard InChI is InChI=1S/C20H17FN2O2S/c21-17-11-5-4-10-16(17)20-22-18-12-6-7-13-19(18)26(24,25)23(20)14-15-8-2-1-3-9-15/h1-13,20,22H,14H2/t20-/m1/s1. The quantitative estimate of drug-likeness (QED) is 0.756. The highest BCUT2D eigenvalue weighted by Crippen LogP contribution is 2.39. The number of rotatable bonds is 3. The summed E-state index contributed by atoms with van der Waals surface area (Å²) in [5.74, 6) is -0.447. The molecule has 0 unspecified atom stereocenters. The van der Waals surface area contributed by atoms with Crippen molar-refractivity contribution in [3.8, 4) is 0 Å². The maximum absolute atomic E-state index is 14.5. The Morgan fingerprint density at radius 3 is 2.31 bits per heavy atom. The lowest BCUT2D eigenvalue weighted by atomic mass is 10.1. The minimum absolute atomic E-state index is 0.142. The number of para-hydroxylation sites is 1. The number of hydrogen-bond donors (Lipinski definition) is 1. The highest BCUT2D eigenvalue weighted by Gasteiger charge is 2.39. The molecule has 132 valence electrons. The van der Waals surface area contributed by atoms with Crippen LogP contribution in [-0.4, -0.2) is 12.7 Å². The monoisotopic (exact) mass is 368 g/mol. The summed E-state index contributed by atoms with van der Waals surface area (Å²) in [6.45, 7) is 0.142. The second-order valence-electron chi connectivity index (χ2n) is 6.10. The number of benzene rings is 3. The molecule has 0 aliphatic carbocycles. The van der Waals surface area contributed by atoms with Crippen LogP contribution in [0.4, 0.5) is 10.1 Å². The van der Waals surface area contributed by atoms with Gasteiger partial charge in [-0.25, -0.2) is 12.8 Å². The van der Waals surface area contributed by atoms with Crippen LogP contribution in [0.5, 0.6) is 0 Å². The first-order valence-corrected chi connectivity index (χ1v) is 9.67. The maximum Gasteiger partial charge on any atom is 0.247 e. The van der Waals surface area contributed by atoms with E-state index < -0.39 is 22.0 Å². The van der Waals surface area contributed by atoms with Crippen molar-refractivity contribution in [3.63, 3.8) is 0 Å². The summed E-state index contributed by atoms with van der Waals surface area (Å²) in [4.78, 5) is 0.198. The molecule has 1 aliphatic heterocycles. The lowest BCUT2D eigenvalue weighted by Gasteiger charge is -2.37. The normalized spacial score (nSPS) is 18.7. The van der Waals surface area contributed by atoms with E-state index in [4.69, 9.17) is 0 Å². The fraction of sp³-hybridized carbons (Fsp3) is 0.100. The Labute approximate surface area is 152 Å². The summed E-state index contributed by atoms with van der Waals surface area (Å²) in [6, 6.07) is 22.2. The summed E-state index contributed by atoms with van der Waals surface area (Å²) in [6.07, 6.45) is -0.823. The van der Waals surface area contributed by atoms with Crippen LogP contribution in [0.15, 0.2) is 83.8 Å². The first-order chi connectivity index (χ1) is 12.6. The summed E-state index contributed by atoms with van der Waals surface area (Å²) in [5, 5.41) is 3.19. The molecule has 0 fully saturated rings. The first-order valence-electron chi connectivity index (χ1n) is 8.23. The molecule has 3 aromatic rings. The smallest absolute Gasteiger partial charge is 0.247 e. The summed E-state index contributed by atoms with van der Waals surface area (Å²) in [5.41, 5.74) is 1.60. The zero-order valence-electron chi connectivity index (χ0n) is 13.8.